The number of rotatable bonds is 8. The topological polar surface area (TPSA) is 84.9 Å². The lowest BCUT2D eigenvalue weighted by molar-refractivity contribution is -0.153. The van der Waals surface area contributed by atoms with Crippen molar-refractivity contribution in [2.24, 2.45) is 0 Å². The minimum absolute atomic E-state index is 0.0347. The van der Waals surface area contributed by atoms with Crippen molar-refractivity contribution in [1.29, 1.82) is 0 Å². The van der Waals surface area contributed by atoms with Crippen LogP contribution < -0.4 is 14.8 Å². The average molecular weight is 397 g/mol. The largest absolute Gasteiger partial charge is 0.497 e. The number of aliphatic carboxylic acids is 1. The summed E-state index contributed by atoms with van der Waals surface area (Å²) in [6.07, 6.45) is -4.69. The summed E-state index contributed by atoms with van der Waals surface area (Å²) in [5, 5.41) is 11.8. The molecule has 2 aromatic rings. The summed E-state index contributed by atoms with van der Waals surface area (Å²) in [5.74, 6) is -1.35. The van der Waals surface area contributed by atoms with Gasteiger partial charge in [-0.25, -0.2) is 4.79 Å². The maximum absolute atomic E-state index is 12.2. The van der Waals surface area contributed by atoms with Crippen LogP contribution >= 0.6 is 0 Å². The normalized spacial score (nSPS) is 12.1. The Balaban J connectivity index is 2.03. The SMILES string of the molecule is COc1ccc(C(NC(=O)Cc2cccc(OCC(F)(F)F)c2)C(=O)O)cc1. The summed E-state index contributed by atoms with van der Waals surface area (Å²) in [7, 11) is 1.47. The van der Waals surface area contributed by atoms with E-state index < -0.39 is 30.7 Å². The predicted molar refractivity (Wildman–Crippen MR) is 93.2 cm³/mol. The van der Waals surface area contributed by atoms with Crippen LogP contribution in [-0.2, 0) is 16.0 Å². The first kappa shape index (κ1) is 21.1. The molecule has 2 N–H and O–H groups in total. The minimum atomic E-state index is -4.47. The fraction of sp³-hybridized carbons (Fsp3) is 0.263. The lowest BCUT2D eigenvalue weighted by atomic mass is 10.1. The molecule has 0 saturated carbocycles. The fourth-order valence-corrected chi connectivity index (χ4v) is 2.39. The molecule has 0 aliphatic carbocycles. The van der Waals surface area contributed by atoms with E-state index in [4.69, 9.17) is 4.74 Å². The Labute approximate surface area is 158 Å². The Kier molecular flexibility index (Phi) is 6.86. The Morgan fingerprint density at radius 1 is 1.11 bits per heavy atom. The molecule has 0 aromatic heterocycles. The minimum Gasteiger partial charge on any atom is -0.497 e. The molecular formula is C19H18F3NO5. The number of carboxylic acid groups (broad SMARTS) is 1. The highest BCUT2D eigenvalue weighted by atomic mass is 19.4. The van der Waals surface area contributed by atoms with Gasteiger partial charge >= 0.3 is 12.1 Å². The summed E-state index contributed by atoms with van der Waals surface area (Å²) in [6.45, 7) is -1.44. The van der Waals surface area contributed by atoms with Gasteiger partial charge in [0.15, 0.2) is 12.6 Å². The number of carbonyl (C=O) groups excluding carboxylic acids is 1. The number of methoxy groups -OCH3 is 1. The second-order valence-electron chi connectivity index (χ2n) is 5.84. The summed E-state index contributed by atoms with van der Waals surface area (Å²) >= 11 is 0. The van der Waals surface area contributed by atoms with Crippen LogP contribution in [0.3, 0.4) is 0 Å². The molecule has 2 aromatic carbocycles. The van der Waals surface area contributed by atoms with E-state index in [1.54, 1.807) is 12.1 Å². The van der Waals surface area contributed by atoms with E-state index in [-0.39, 0.29) is 12.2 Å². The summed E-state index contributed by atoms with van der Waals surface area (Å²) in [4.78, 5) is 23.7. The van der Waals surface area contributed by atoms with E-state index in [1.165, 1.54) is 43.5 Å². The Bertz CT molecular complexity index is 821. The zero-order valence-electron chi connectivity index (χ0n) is 14.8. The van der Waals surface area contributed by atoms with Gasteiger partial charge < -0.3 is 19.9 Å². The molecular weight excluding hydrogens is 379 g/mol. The molecule has 0 aliphatic heterocycles. The van der Waals surface area contributed by atoms with Gasteiger partial charge in [-0.15, -0.1) is 0 Å². The van der Waals surface area contributed by atoms with Crippen LogP contribution in [0, 0.1) is 0 Å². The first-order valence-corrected chi connectivity index (χ1v) is 8.12. The van der Waals surface area contributed by atoms with E-state index in [0.717, 1.165) is 0 Å². The first-order valence-electron chi connectivity index (χ1n) is 8.12. The van der Waals surface area contributed by atoms with Crippen molar-refractivity contribution < 1.29 is 37.3 Å². The zero-order chi connectivity index (χ0) is 20.7. The van der Waals surface area contributed by atoms with Gasteiger partial charge in [0.25, 0.3) is 0 Å². The van der Waals surface area contributed by atoms with E-state index in [9.17, 15) is 27.9 Å². The highest BCUT2D eigenvalue weighted by Crippen LogP contribution is 2.21. The van der Waals surface area contributed by atoms with Gasteiger partial charge in [0, 0.05) is 0 Å². The number of carboxylic acids is 1. The van der Waals surface area contributed by atoms with Gasteiger partial charge in [0.2, 0.25) is 5.91 Å². The summed E-state index contributed by atoms with van der Waals surface area (Å²) in [5.41, 5.74) is 0.736. The third-order valence-electron chi connectivity index (χ3n) is 3.67. The monoisotopic (exact) mass is 397 g/mol. The average Bonchev–Trinajstić information content (AvgIpc) is 2.64. The second-order valence-corrected chi connectivity index (χ2v) is 5.84. The number of ether oxygens (including phenoxy) is 2. The van der Waals surface area contributed by atoms with E-state index in [0.29, 0.717) is 16.9 Å². The maximum Gasteiger partial charge on any atom is 0.422 e. The van der Waals surface area contributed by atoms with Crippen LogP contribution in [0.25, 0.3) is 0 Å². The van der Waals surface area contributed by atoms with Crippen molar-refractivity contribution in [2.45, 2.75) is 18.6 Å². The van der Waals surface area contributed by atoms with Crippen molar-refractivity contribution >= 4 is 11.9 Å². The molecule has 0 heterocycles. The van der Waals surface area contributed by atoms with Crippen LogP contribution in [0.4, 0.5) is 13.2 Å². The molecule has 2 rings (SSSR count). The molecule has 9 heteroatoms. The predicted octanol–water partition coefficient (Wildman–Crippen LogP) is 3.12. The van der Waals surface area contributed by atoms with Gasteiger partial charge in [0.05, 0.1) is 13.5 Å². The maximum atomic E-state index is 12.2. The smallest absolute Gasteiger partial charge is 0.422 e. The lowest BCUT2D eigenvalue weighted by Crippen LogP contribution is -2.34. The number of amides is 1. The van der Waals surface area contributed by atoms with Crippen LogP contribution in [0.1, 0.15) is 17.2 Å². The molecule has 0 spiro atoms. The molecule has 0 radical (unpaired) electrons. The Hall–Kier alpha value is -3.23. The number of halogens is 3. The van der Waals surface area contributed by atoms with Gasteiger partial charge in [-0.3, -0.25) is 4.79 Å². The third-order valence-corrected chi connectivity index (χ3v) is 3.67. The first-order chi connectivity index (χ1) is 13.2. The van der Waals surface area contributed by atoms with E-state index >= 15 is 0 Å². The molecule has 6 nitrogen and oxygen atoms in total. The molecule has 0 bridgehead atoms. The van der Waals surface area contributed by atoms with Gasteiger partial charge in [-0.1, -0.05) is 24.3 Å². The third kappa shape index (κ3) is 6.49. The summed E-state index contributed by atoms with van der Waals surface area (Å²) < 4.78 is 46.3. The molecule has 0 aliphatic rings. The van der Waals surface area contributed by atoms with Crippen molar-refractivity contribution in [3.05, 3.63) is 59.7 Å². The molecule has 0 fully saturated rings. The molecule has 28 heavy (non-hydrogen) atoms. The standard InChI is InChI=1S/C19H18F3NO5/c1-27-14-7-5-13(6-8-14)17(18(25)26)23-16(24)10-12-3-2-4-15(9-12)28-11-19(20,21)22/h2-9,17H,10-11H2,1H3,(H,23,24)(H,25,26). The zero-order valence-corrected chi connectivity index (χ0v) is 14.8. The quantitative estimate of drug-likeness (QED) is 0.715. The second kappa shape index (κ2) is 9.12. The number of benzene rings is 2. The van der Waals surface area contributed by atoms with Crippen LogP contribution in [0.2, 0.25) is 0 Å². The fourth-order valence-electron chi connectivity index (χ4n) is 2.39. The molecule has 1 atom stereocenters. The van der Waals surface area contributed by atoms with Crippen LogP contribution in [0.15, 0.2) is 48.5 Å². The number of alkyl halides is 3. The van der Waals surface area contributed by atoms with E-state index in [2.05, 4.69) is 10.1 Å². The summed E-state index contributed by atoms with van der Waals surface area (Å²) in [6, 6.07) is 10.5. The van der Waals surface area contributed by atoms with Crippen molar-refractivity contribution in [2.75, 3.05) is 13.7 Å². The number of carbonyl (C=O) groups is 2. The Morgan fingerprint density at radius 2 is 1.79 bits per heavy atom. The number of hydrogen-bond acceptors (Lipinski definition) is 4. The van der Waals surface area contributed by atoms with Crippen molar-refractivity contribution in [3.8, 4) is 11.5 Å². The van der Waals surface area contributed by atoms with Crippen LogP contribution in [0.5, 0.6) is 11.5 Å². The lowest BCUT2D eigenvalue weighted by Gasteiger charge is -2.16. The van der Waals surface area contributed by atoms with E-state index in [1.807, 2.05) is 0 Å². The highest BCUT2D eigenvalue weighted by molar-refractivity contribution is 5.85. The highest BCUT2D eigenvalue weighted by Gasteiger charge is 2.28. The van der Waals surface area contributed by atoms with Gasteiger partial charge in [-0.2, -0.15) is 13.2 Å². The van der Waals surface area contributed by atoms with Gasteiger partial charge in [0.1, 0.15) is 11.5 Å². The van der Waals surface area contributed by atoms with Crippen LogP contribution in [-0.4, -0.2) is 36.9 Å². The molecule has 1 amide bonds. The van der Waals surface area contributed by atoms with Crippen molar-refractivity contribution in [1.82, 2.24) is 5.32 Å². The Morgan fingerprint density at radius 3 is 2.36 bits per heavy atom. The molecule has 0 saturated heterocycles. The number of hydrogen-bond donors (Lipinski definition) is 2. The molecule has 150 valence electrons. The number of nitrogens with one attached hydrogen (secondary N) is 1. The molecule has 1 unspecified atom stereocenters. The van der Waals surface area contributed by atoms with Gasteiger partial charge in [-0.05, 0) is 35.4 Å². The van der Waals surface area contributed by atoms with Crippen molar-refractivity contribution in [3.63, 3.8) is 0 Å².